The molecule has 1 aliphatic carbocycles. The first kappa shape index (κ1) is 9.28. The Morgan fingerprint density at radius 2 is 2.20 bits per heavy atom. The normalized spacial score (nSPS) is 22.3. The fourth-order valence-electron chi connectivity index (χ4n) is 2.28. The number of hydrogen-bond acceptors (Lipinski definition) is 2. The molecule has 1 saturated carbocycles. The molecule has 1 aromatic rings. The van der Waals surface area contributed by atoms with E-state index < -0.39 is 0 Å². The first-order valence-corrected chi connectivity index (χ1v) is 5.61. The lowest BCUT2D eigenvalue weighted by Crippen LogP contribution is -2.28. The third-order valence-electron chi connectivity index (χ3n) is 3.47. The number of halogens is 1. The van der Waals surface area contributed by atoms with Crippen molar-refractivity contribution < 1.29 is 9.21 Å². The topological polar surface area (TPSA) is 33.5 Å². The minimum atomic E-state index is -0.0225. The summed E-state index contributed by atoms with van der Waals surface area (Å²) in [6, 6.07) is 3.25. The number of carbonyl (C=O) groups excluding carboxylic acids is 1. The van der Waals surface area contributed by atoms with Crippen LogP contribution in [0.25, 0.3) is 0 Å². The van der Waals surface area contributed by atoms with Gasteiger partial charge in [-0.1, -0.05) is 0 Å². The minimum absolute atomic E-state index is 0.0225. The lowest BCUT2D eigenvalue weighted by molar-refractivity contribution is 0.0753. The van der Waals surface area contributed by atoms with E-state index in [0.29, 0.717) is 11.2 Å². The average molecular weight is 226 g/mol. The Hall–Kier alpha value is -0.960. The van der Waals surface area contributed by atoms with Crippen molar-refractivity contribution in [3.05, 3.63) is 23.1 Å². The van der Waals surface area contributed by atoms with E-state index in [1.807, 2.05) is 4.90 Å². The van der Waals surface area contributed by atoms with Crippen LogP contribution in [0.3, 0.4) is 0 Å². The summed E-state index contributed by atoms with van der Waals surface area (Å²) in [5.74, 6) is 0.336. The Kier molecular flexibility index (Phi) is 1.87. The second-order valence-corrected chi connectivity index (χ2v) is 4.95. The van der Waals surface area contributed by atoms with Crippen molar-refractivity contribution in [2.45, 2.75) is 19.3 Å². The molecule has 0 N–H and O–H groups in total. The van der Waals surface area contributed by atoms with Gasteiger partial charge >= 0.3 is 0 Å². The molecular formula is C11H12ClNO2. The van der Waals surface area contributed by atoms with Crippen molar-refractivity contribution in [1.29, 1.82) is 0 Å². The summed E-state index contributed by atoms with van der Waals surface area (Å²) in [7, 11) is 0. The predicted molar refractivity (Wildman–Crippen MR) is 55.9 cm³/mol. The fourth-order valence-corrected chi connectivity index (χ4v) is 2.42. The molecule has 15 heavy (non-hydrogen) atoms. The molecule has 1 aliphatic heterocycles. The number of likely N-dealkylation sites (tertiary alicyclic amines) is 1. The molecule has 3 nitrogen and oxygen atoms in total. The van der Waals surface area contributed by atoms with Crippen LogP contribution in [0.2, 0.25) is 5.22 Å². The van der Waals surface area contributed by atoms with E-state index >= 15 is 0 Å². The van der Waals surface area contributed by atoms with Gasteiger partial charge in [0.15, 0.2) is 11.0 Å². The van der Waals surface area contributed by atoms with Crippen molar-refractivity contribution in [2.24, 2.45) is 5.41 Å². The highest BCUT2D eigenvalue weighted by Crippen LogP contribution is 2.52. The van der Waals surface area contributed by atoms with Crippen molar-refractivity contribution in [2.75, 3.05) is 13.1 Å². The maximum absolute atomic E-state index is 11.9. The second kappa shape index (κ2) is 3.01. The van der Waals surface area contributed by atoms with Gasteiger partial charge in [0, 0.05) is 13.1 Å². The maximum Gasteiger partial charge on any atom is 0.289 e. The first-order valence-electron chi connectivity index (χ1n) is 5.23. The van der Waals surface area contributed by atoms with Crippen LogP contribution in [0.1, 0.15) is 29.8 Å². The quantitative estimate of drug-likeness (QED) is 0.736. The molecule has 3 rings (SSSR count). The molecule has 0 radical (unpaired) electrons. The van der Waals surface area contributed by atoms with Crippen LogP contribution in [0.15, 0.2) is 16.5 Å². The second-order valence-electron chi connectivity index (χ2n) is 4.58. The van der Waals surface area contributed by atoms with Gasteiger partial charge in [0.2, 0.25) is 0 Å². The number of nitrogens with zero attached hydrogens (tertiary/aromatic N) is 1. The Balaban J connectivity index is 1.75. The average Bonchev–Trinajstić information content (AvgIpc) is 2.64. The van der Waals surface area contributed by atoms with Gasteiger partial charge in [-0.2, -0.15) is 0 Å². The minimum Gasteiger partial charge on any atom is -0.440 e. The number of furan rings is 1. The smallest absolute Gasteiger partial charge is 0.289 e. The summed E-state index contributed by atoms with van der Waals surface area (Å²) >= 11 is 5.64. The van der Waals surface area contributed by atoms with Crippen LogP contribution in [0.5, 0.6) is 0 Å². The van der Waals surface area contributed by atoms with Crippen LogP contribution < -0.4 is 0 Å². The van der Waals surface area contributed by atoms with Crippen LogP contribution in [-0.2, 0) is 0 Å². The van der Waals surface area contributed by atoms with Crippen LogP contribution >= 0.6 is 11.6 Å². The van der Waals surface area contributed by atoms with Gasteiger partial charge in [0.1, 0.15) is 0 Å². The Labute approximate surface area is 93.0 Å². The summed E-state index contributed by atoms with van der Waals surface area (Å²) < 4.78 is 5.12. The molecule has 1 spiro atoms. The summed E-state index contributed by atoms with van der Waals surface area (Å²) in [6.45, 7) is 1.75. The largest absolute Gasteiger partial charge is 0.440 e. The fraction of sp³-hybridized carbons (Fsp3) is 0.545. The monoisotopic (exact) mass is 225 g/mol. The highest BCUT2D eigenvalue weighted by molar-refractivity contribution is 6.29. The van der Waals surface area contributed by atoms with E-state index in [1.54, 1.807) is 12.1 Å². The predicted octanol–water partition coefficient (Wildman–Crippen LogP) is 2.56. The third kappa shape index (κ3) is 1.55. The Morgan fingerprint density at radius 3 is 2.73 bits per heavy atom. The van der Waals surface area contributed by atoms with E-state index in [-0.39, 0.29) is 11.1 Å². The third-order valence-corrected chi connectivity index (χ3v) is 3.67. The molecule has 0 unspecified atom stereocenters. The number of amides is 1. The van der Waals surface area contributed by atoms with Crippen molar-refractivity contribution >= 4 is 17.5 Å². The molecular weight excluding hydrogens is 214 g/mol. The molecule has 1 saturated heterocycles. The van der Waals surface area contributed by atoms with Gasteiger partial charge in [0.25, 0.3) is 5.91 Å². The molecule has 80 valence electrons. The Bertz CT molecular complexity index is 408. The highest BCUT2D eigenvalue weighted by Gasteiger charge is 2.49. The molecule has 0 aromatic carbocycles. The van der Waals surface area contributed by atoms with Crippen molar-refractivity contribution in [1.82, 2.24) is 4.90 Å². The summed E-state index contributed by atoms with van der Waals surface area (Å²) in [4.78, 5) is 13.8. The van der Waals surface area contributed by atoms with Crippen LogP contribution in [0.4, 0.5) is 0 Å². The summed E-state index contributed by atoms with van der Waals surface area (Å²) in [5, 5.41) is 0.277. The summed E-state index contributed by atoms with van der Waals surface area (Å²) in [6.07, 6.45) is 3.69. The Morgan fingerprint density at radius 1 is 1.40 bits per heavy atom. The molecule has 2 aliphatic rings. The van der Waals surface area contributed by atoms with Crippen LogP contribution in [0, 0.1) is 5.41 Å². The molecule has 4 heteroatoms. The number of carbonyl (C=O) groups is 1. The van der Waals surface area contributed by atoms with Gasteiger partial charge in [-0.25, -0.2) is 0 Å². The zero-order valence-corrected chi connectivity index (χ0v) is 9.09. The van der Waals surface area contributed by atoms with Crippen LogP contribution in [-0.4, -0.2) is 23.9 Å². The molecule has 2 heterocycles. The van der Waals surface area contributed by atoms with Crippen molar-refractivity contribution in [3.8, 4) is 0 Å². The van der Waals surface area contributed by atoms with Gasteiger partial charge < -0.3 is 9.32 Å². The highest BCUT2D eigenvalue weighted by atomic mass is 35.5. The van der Waals surface area contributed by atoms with E-state index in [0.717, 1.165) is 19.5 Å². The van der Waals surface area contributed by atoms with Gasteiger partial charge in [-0.05, 0) is 48.4 Å². The lowest BCUT2D eigenvalue weighted by atomic mass is 10.1. The number of rotatable bonds is 1. The van der Waals surface area contributed by atoms with E-state index in [2.05, 4.69) is 0 Å². The lowest BCUT2D eigenvalue weighted by Gasteiger charge is -2.14. The summed E-state index contributed by atoms with van der Waals surface area (Å²) in [5.41, 5.74) is 0.464. The first-order chi connectivity index (χ1) is 7.19. The van der Waals surface area contributed by atoms with E-state index in [9.17, 15) is 4.79 Å². The number of hydrogen-bond donors (Lipinski definition) is 0. The SMILES string of the molecule is O=C(c1ccc(Cl)o1)N1CCC2(CC2)C1. The van der Waals surface area contributed by atoms with E-state index in [4.69, 9.17) is 16.0 Å². The van der Waals surface area contributed by atoms with Gasteiger partial charge in [-0.15, -0.1) is 0 Å². The molecule has 1 amide bonds. The maximum atomic E-state index is 11.9. The van der Waals surface area contributed by atoms with Crippen molar-refractivity contribution in [3.63, 3.8) is 0 Å². The molecule has 0 bridgehead atoms. The van der Waals surface area contributed by atoms with E-state index in [1.165, 1.54) is 12.8 Å². The molecule has 1 aromatic heterocycles. The standard InChI is InChI=1S/C11H12ClNO2/c12-9-2-1-8(15-9)10(14)13-6-5-11(7-13)3-4-11/h1-2H,3-7H2. The molecule has 2 fully saturated rings. The zero-order valence-electron chi connectivity index (χ0n) is 8.33. The van der Waals surface area contributed by atoms with Gasteiger partial charge in [0.05, 0.1) is 0 Å². The van der Waals surface area contributed by atoms with Gasteiger partial charge in [-0.3, -0.25) is 4.79 Å². The zero-order chi connectivity index (χ0) is 10.5. The molecule has 0 atom stereocenters.